The monoisotopic (exact) mass is 357 g/mol. The highest BCUT2D eigenvalue weighted by atomic mass is 16.5. The summed E-state index contributed by atoms with van der Waals surface area (Å²) in [6.45, 7) is 2.06. The molecular formula is C20H15N5O2. The first-order valence-electron chi connectivity index (χ1n) is 8.38. The average molecular weight is 357 g/mol. The molecule has 0 atom stereocenters. The van der Waals surface area contributed by atoms with Crippen molar-refractivity contribution >= 4 is 34.0 Å². The Kier molecular flexibility index (Phi) is 3.94. The third-order valence-electron chi connectivity index (χ3n) is 4.25. The van der Waals surface area contributed by atoms with E-state index in [2.05, 4.69) is 16.0 Å². The van der Waals surface area contributed by atoms with Crippen molar-refractivity contribution in [2.24, 2.45) is 0 Å². The number of hydrogen-bond donors (Lipinski definition) is 1. The molecular weight excluding hydrogens is 342 g/mol. The Labute approximate surface area is 154 Å². The molecule has 0 radical (unpaired) electrons. The Hall–Kier alpha value is -3.92. The van der Waals surface area contributed by atoms with E-state index in [1.807, 2.05) is 24.3 Å². The third kappa shape index (κ3) is 2.64. The lowest BCUT2D eigenvalue weighted by molar-refractivity contribution is 0.0526. The lowest BCUT2D eigenvalue weighted by Gasteiger charge is -2.08. The Morgan fingerprint density at radius 2 is 1.81 bits per heavy atom. The number of rotatable bonds is 3. The number of esters is 1. The molecule has 0 amide bonds. The first kappa shape index (κ1) is 16.5. The van der Waals surface area contributed by atoms with E-state index < -0.39 is 5.97 Å². The summed E-state index contributed by atoms with van der Waals surface area (Å²) in [5.74, 6) is -0.135. The second kappa shape index (κ2) is 6.42. The topological polar surface area (TPSA) is 107 Å². The molecule has 27 heavy (non-hydrogen) atoms. The summed E-state index contributed by atoms with van der Waals surface area (Å²) in [5, 5.41) is 9.55. The minimum atomic E-state index is -0.391. The van der Waals surface area contributed by atoms with E-state index in [0.29, 0.717) is 40.1 Å². The van der Waals surface area contributed by atoms with Gasteiger partial charge < -0.3 is 10.5 Å². The Bertz CT molecular complexity index is 1220. The van der Waals surface area contributed by atoms with Crippen LogP contribution in [0.2, 0.25) is 0 Å². The number of fused-ring (bicyclic) bond motifs is 2. The molecule has 0 saturated carbocycles. The summed E-state index contributed by atoms with van der Waals surface area (Å²) in [7, 11) is 0. The van der Waals surface area contributed by atoms with Gasteiger partial charge in [0.15, 0.2) is 5.65 Å². The van der Waals surface area contributed by atoms with Gasteiger partial charge >= 0.3 is 5.97 Å². The van der Waals surface area contributed by atoms with Crippen LogP contribution in [0.3, 0.4) is 0 Å². The molecule has 7 nitrogen and oxygen atoms in total. The summed E-state index contributed by atoms with van der Waals surface area (Å²) >= 11 is 0. The molecule has 2 N–H and O–H groups in total. The maximum Gasteiger partial charge on any atom is 0.338 e. The summed E-state index contributed by atoms with van der Waals surface area (Å²) in [5.41, 5.74) is 9.96. The standard InChI is InChI=1S/C20H15N5O2/c1-2-27-20(26)12-7-9-13(10-8-12)25-18(22)14(11-21)17-19(25)24-16-6-4-3-5-15(16)23-17/h3-10H,2,22H2,1H3. The molecule has 2 aromatic carbocycles. The van der Waals surface area contributed by atoms with E-state index >= 15 is 0 Å². The number of carbonyl (C=O) groups excluding carboxylic acids is 1. The normalized spacial score (nSPS) is 10.8. The Balaban J connectivity index is 1.93. The van der Waals surface area contributed by atoms with E-state index in [1.165, 1.54) is 0 Å². The highest BCUT2D eigenvalue weighted by Crippen LogP contribution is 2.30. The van der Waals surface area contributed by atoms with Crippen molar-refractivity contribution in [1.82, 2.24) is 14.5 Å². The van der Waals surface area contributed by atoms with Gasteiger partial charge in [0.05, 0.1) is 23.2 Å². The smallest absolute Gasteiger partial charge is 0.338 e. The minimum absolute atomic E-state index is 0.256. The van der Waals surface area contributed by atoms with E-state index in [0.717, 1.165) is 0 Å². The summed E-state index contributed by atoms with van der Waals surface area (Å²) in [6, 6.07) is 16.3. The van der Waals surface area contributed by atoms with E-state index in [-0.39, 0.29) is 11.4 Å². The van der Waals surface area contributed by atoms with Crippen LogP contribution in [-0.2, 0) is 4.74 Å². The van der Waals surface area contributed by atoms with E-state index in [1.54, 1.807) is 35.8 Å². The molecule has 0 aliphatic carbocycles. The molecule has 0 unspecified atom stereocenters. The summed E-state index contributed by atoms with van der Waals surface area (Å²) in [6.07, 6.45) is 0. The van der Waals surface area contributed by atoms with Crippen molar-refractivity contribution in [1.29, 1.82) is 5.26 Å². The molecule has 4 rings (SSSR count). The van der Waals surface area contributed by atoms with Gasteiger partial charge in [0.25, 0.3) is 0 Å². The van der Waals surface area contributed by atoms with Crippen molar-refractivity contribution in [3.05, 3.63) is 59.7 Å². The quantitative estimate of drug-likeness (QED) is 0.564. The molecule has 7 heteroatoms. The first-order valence-corrected chi connectivity index (χ1v) is 8.38. The Morgan fingerprint density at radius 1 is 1.15 bits per heavy atom. The molecule has 0 saturated heterocycles. The lowest BCUT2D eigenvalue weighted by atomic mass is 10.2. The van der Waals surface area contributed by atoms with Crippen LogP contribution in [0.15, 0.2) is 48.5 Å². The molecule has 0 fully saturated rings. The predicted octanol–water partition coefficient (Wildman–Crippen LogP) is 3.20. The zero-order chi connectivity index (χ0) is 19.0. The van der Waals surface area contributed by atoms with Crippen LogP contribution in [0.1, 0.15) is 22.8 Å². The largest absolute Gasteiger partial charge is 0.462 e. The van der Waals surface area contributed by atoms with Crippen LogP contribution in [0, 0.1) is 11.3 Å². The lowest BCUT2D eigenvalue weighted by Crippen LogP contribution is -2.06. The number of nitrogens with zero attached hydrogens (tertiary/aromatic N) is 4. The fourth-order valence-electron chi connectivity index (χ4n) is 2.99. The zero-order valence-electron chi connectivity index (χ0n) is 14.5. The van der Waals surface area contributed by atoms with Gasteiger partial charge in [-0.2, -0.15) is 5.26 Å². The number of carbonyl (C=O) groups is 1. The number of nitrogen functional groups attached to an aromatic ring is 1. The zero-order valence-corrected chi connectivity index (χ0v) is 14.5. The van der Waals surface area contributed by atoms with Crippen molar-refractivity contribution in [2.45, 2.75) is 6.92 Å². The maximum atomic E-state index is 11.8. The van der Waals surface area contributed by atoms with Crippen molar-refractivity contribution in [3.8, 4) is 11.8 Å². The van der Waals surface area contributed by atoms with Crippen molar-refractivity contribution in [3.63, 3.8) is 0 Å². The number of nitriles is 1. The Morgan fingerprint density at radius 3 is 2.44 bits per heavy atom. The molecule has 0 aliphatic heterocycles. The van der Waals surface area contributed by atoms with Gasteiger partial charge in [0, 0.05) is 5.69 Å². The minimum Gasteiger partial charge on any atom is -0.462 e. The van der Waals surface area contributed by atoms with Gasteiger partial charge in [-0.05, 0) is 43.3 Å². The first-order chi connectivity index (χ1) is 13.1. The van der Waals surface area contributed by atoms with Gasteiger partial charge in [0.2, 0.25) is 0 Å². The van der Waals surface area contributed by atoms with Crippen LogP contribution in [0.25, 0.3) is 27.9 Å². The van der Waals surface area contributed by atoms with Crippen molar-refractivity contribution in [2.75, 3.05) is 12.3 Å². The molecule has 2 aromatic heterocycles. The molecule has 2 heterocycles. The SMILES string of the molecule is CCOC(=O)c1ccc(-n2c(N)c(C#N)c3nc4ccccc4nc32)cc1. The molecule has 132 valence electrons. The summed E-state index contributed by atoms with van der Waals surface area (Å²) < 4.78 is 6.67. The van der Waals surface area contributed by atoms with Crippen LogP contribution in [0.5, 0.6) is 0 Å². The predicted molar refractivity (Wildman–Crippen MR) is 101 cm³/mol. The molecule has 4 aromatic rings. The number of para-hydroxylation sites is 2. The average Bonchev–Trinajstić information content (AvgIpc) is 2.96. The van der Waals surface area contributed by atoms with E-state index in [4.69, 9.17) is 10.5 Å². The highest BCUT2D eigenvalue weighted by molar-refractivity contribution is 5.94. The number of aromatic nitrogens is 3. The van der Waals surface area contributed by atoms with Gasteiger partial charge in [0.1, 0.15) is 23.0 Å². The van der Waals surface area contributed by atoms with Gasteiger partial charge in [-0.15, -0.1) is 0 Å². The number of ether oxygens (including phenoxy) is 1. The second-order valence-electron chi connectivity index (χ2n) is 5.86. The molecule has 0 aliphatic rings. The fourth-order valence-corrected chi connectivity index (χ4v) is 2.99. The number of benzene rings is 2. The highest BCUT2D eigenvalue weighted by Gasteiger charge is 2.20. The second-order valence-corrected chi connectivity index (χ2v) is 5.86. The number of anilines is 1. The van der Waals surface area contributed by atoms with Crippen LogP contribution in [0.4, 0.5) is 5.82 Å². The summed E-state index contributed by atoms with van der Waals surface area (Å²) in [4.78, 5) is 21.1. The maximum absolute atomic E-state index is 11.8. The van der Waals surface area contributed by atoms with Crippen LogP contribution >= 0.6 is 0 Å². The van der Waals surface area contributed by atoms with Gasteiger partial charge in [-0.1, -0.05) is 12.1 Å². The van der Waals surface area contributed by atoms with Crippen LogP contribution < -0.4 is 5.73 Å². The molecule has 0 spiro atoms. The molecule has 0 bridgehead atoms. The number of nitrogens with two attached hydrogens (primary N) is 1. The van der Waals surface area contributed by atoms with Crippen molar-refractivity contribution < 1.29 is 9.53 Å². The van der Waals surface area contributed by atoms with E-state index in [9.17, 15) is 10.1 Å². The van der Waals surface area contributed by atoms with Gasteiger partial charge in [-0.3, -0.25) is 4.57 Å². The fraction of sp³-hybridized carbons (Fsp3) is 0.100. The number of hydrogen-bond acceptors (Lipinski definition) is 6. The van der Waals surface area contributed by atoms with Crippen LogP contribution in [-0.4, -0.2) is 27.1 Å². The van der Waals surface area contributed by atoms with Gasteiger partial charge in [-0.25, -0.2) is 14.8 Å². The third-order valence-corrected chi connectivity index (χ3v) is 4.25.